The summed E-state index contributed by atoms with van der Waals surface area (Å²) in [6.07, 6.45) is 5.61. The van der Waals surface area contributed by atoms with Gasteiger partial charge < -0.3 is 5.73 Å². The first-order valence-corrected chi connectivity index (χ1v) is 3.55. The zero-order valence-electron chi connectivity index (χ0n) is 6.76. The maximum absolute atomic E-state index is 12.8. The molecule has 0 aromatic rings. The summed E-state index contributed by atoms with van der Waals surface area (Å²) in [4.78, 5) is 0. The molecule has 0 rings (SSSR count). The molecule has 0 aliphatic rings. The Labute approximate surface area is 67.1 Å². The van der Waals surface area contributed by atoms with E-state index in [-0.39, 0.29) is 6.54 Å². The van der Waals surface area contributed by atoms with Crippen molar-refractivity contribution >= 4 is 0 Å². The minimum absolute atomic E-state index is 0.0289. The Morgan fingerprint density at radius 1 is 1.73 bits per heavy atom. The maximum Gasteiger partial charge on any atom is 0.137 e. The maximum atomic E-state index is 12.8. The summed E-state index contributed by atoms with van der Waals surface area (Å²) in [6.45, 7) is 5.30. The van der Waals surface area contributed by atoms with Gasteiger partial charge in [-0.25, -0.2) is 4.39 Å². The zero-order chi connectivity index (χ0) is 8.69. The fourth-order valence-electron chi connectivity index (χ4n) is 0.697. The smallest absolute Gasteiger partial charge is 0.137 e. The molecule has 0 bridgehead atoms. The molecule has 0 spiro atoms. The van der Waals surface area contributed by atoms with Crippen LogP contribution in [0.15, 0.2) is 36.5 Å². The minimum Gasteiger partial charge on any atom is -0.327 e. The molecule has 1 unspecified atom stereocenters. The average Bonchev–Trinajstić information content (AvgIpc) is 2.05. The highest BCUT2D eigenvalue weighted by Gasteiger charge is 2.05. The molecule has 1 nitrogen and oxygen atoms in total. The topological polar surface area (TPSA) is 26.0 Å². The molecule has 0 fully saturated rings. The summed E-state index contributed by atoms with van der Waals surface area (Å²) < 4.78 is 12.8. The van der Waals surface area contributed by atoms with E-state index >= 15 is 0 Å². The van der Waals surface area contributed by atoms with Crippen molar-refractivity contribution in [2.45, 2.75) is 13.1 Å². The van der Waals surface area contributed by atoms with Gasteiger partial charge in [0.1, 0.15) is 6.17 Å². The highest BCUT2D eigenvalue weighted by molar-refractivity contribution is 5.24. The Kier molecular flexibility index (Phi) is 5.39. The zero-order valence-corrected chi connectivity index (χ0v) is 6.76. The van der Waals surface area contributed by atoms with Gasteiger partial charge in [-0.3, -0.25) is 0 Å². The predicted octanol–water partition coefficient (Wildman–Crippen LogP) is 1.97. The van der Waals surface area contributed by atoms with Gasteiger partial charge in [0.15, 0.2) is 0 Å². The van der Waals surface area contributed by atoms with Gasteiger partial charge in [-0.1, -0.05) is 30.9 Å². The van der Waals surface area contributed by atoms with E-state index in [0.717, 1.165) is 0 Å². The van der Waals surface area contributed by atoms with Gasteiger partial charge in [0.25, 0.3) is 0 Å². The van der Waals surface area contributed by atoms with Crippen LogP contribution in [0.5, 0.6) is 0 Å². The molecule has 0 radical (unpaired) electrons. The van der Waals surface area contributed by atoms with Crippen molar-refractivity contribution in [3.8, 4) is 0 Å². The molecule has 0 aromatic carbocycles. The van der Waals surface area contributed by atoms with Crippen LogP contribution in [0.2, 0.25) is 0 Å². The van der Waals surface area contributed by atoms with Crippen LogP contribution in [0, 0.1) is 0 Å². The Balaban J connectivity index is 4.18. The van der Waals surface area contributed by atoms with E-state index in [1.165, 1.54) is 0 Å². The number of rotatable bonds is 4. The number of hydrogen-bond donors (Lipinski definition) is 1. The number of nitrogens with two attached hydrogens (primary N) is 1. The molecule has 0 aromatic heterocycles. The van der Waals surface area contributed by atoms with Gasteiger partial charge in [-0.2, -0.15) is 0 Å². The minimum atomic E-state index is -1.06. The van der Waals surface area contributed by atoms with Gasteiger partial charge in [-0.15, -0.1) is 0 Å². The predicted molar refractivity (Wildman–Crippen MR) is 47.0 cm³/mol. The van der Waals surface area contributed by atoms with Crippen molar-refractivity contribution in [1.29, 1.82) is 0 Å². The third-order valence-electron chi connectivity index (χ3n) is 1.33. The number of allylic oxidation sites excluding steroid dienone is 4. The molecule has 0 saturated carbocycles. The van der Waals surface area contributed by atoms with Crippen LogP contribution >= 0.6 is 0 Å². The normalized spacial score (nSPS) is 15.4. The molecule has 0 aliphatic carbocycles. The van der Waals surface area contributed by atoms with Gasteiger partial charge in [-0.05, 0) is 12.5 Å². The van der Waals surface area contributed by atoms with Crippen LogP contribution in [0.4, 0.5) is 4.39 Å². The number of halogens is 1. The Bertz CT molecular complexity index is 170. The molecule has 0 aliphatic heterocycles. The van der Waals surface area contributed by atoms with E-state index in [0.29, 0.717) is 5.57 Å². The van der Waals surface area contributed by atoms with Gasteiger partial charge in [0.05, 0.1) is 0 Å². The van der Waals surface area contributed by atoms with Crippen molar-refractivity contribution in [3.63, 3.8) is 0 Å². The van der Waals surface area contributed by atoms with E-state index in [1.54, 1.807) is 31.2 Å². The highest BCUT2D eigenvalue weighted by Crippen LogP contribution is 2.06. The van der Waals surface area contributed by atoms with E-state index < -0.39 is 6.17 Å². The lowest BCUT2D eigenvalue weighted by atomic mass is 10.1. The second-order valence-corrected chi connectivity index (χ2v) is 2.09. The number of hydrogen-bond acceptors (Lipinski definition) is 1. The molecule has 11 heavy (non-hydrogen) atoms. The van der Waals surface area contributed by atoms with Crippen LogP contribution in [0.3, 0.4) is 0 Å². The molecule has 0 amide bonds. The fourth-order valence-corrected chi connectivity index (χ4v) is 0.697. The van der Waals surface area contributed by atoms with Gasteiger partial charge >= 0.3 is 0 Å². The highest BCUT2D eigenvalue weighted by atomic mass is 19.1. The van der Waals surface area contributed by atoms with Crippen molar-refractivity contribution in [2.24, 2.45) is 5.73 Å². The van der Waals surface area contributed by atoms with Crippen molar-refractivity contribution in [1.82, 2.24) is 0 Å². The molecule has 2 heteroatoms. The first-order chi connectivity index (χ1) is 5.26. The molecular weight excluding hydrogens is 141 g/mol. The van der Waals surface area contributed by atoms with E-state index in [2.05, 4.69) is 6.58 Å². The van der Waals surface area contributed by atoms with E-state index in [1.807, 2.05) is 0 Å². The third kappa shape index (κ3) is 3.73. The Morgan fingerprint density at radius 2 is 2.36 bits per heavy atom. The molecule has 1 atom stereocenters. The largest absolute Gasteiger partial charge is 0.327 e. The molecule has 0 heterocycles. The van der Waals surface area contributed by atoms with Crippen molar-refractivity contribution in [3.05, 3.63) is 36.5 Å². The third-order valence-corrected chi connectivity index (χ3v) is 1.33. The average molecular weight is 155 g/mol. The molecule has 0 saturated heterocycles. The van der Waals surface area contributed by atoms with Gasteiger partial charge in [0.2, 0.25) is 0 Å². The lowest BCUT2D eigenvalue weighted by Crippen LogP contribution is -2.16. The monoisotopic (exact) mass is 155 g/mol. The SMILES string of the molecule is C=C/C=C\C(=C/C)C(F)CN. The second-order valence-electron chi connectivity index (χ2n) is 2.09. The summed E-state index contributed by atoms with van der Waals surface area (Å²) in [6, 6.07) is 0. The first-order valence-electron chi connectivity index (χ1n) is 3.55. The van der Waals surface area contributed by atoms with E-state index in [9.17, 15) is 4.39 Å². The van der Waals surface area contributed by atoms with Crippen molar-refractivity contribution < 1.29 is 4.39 Å². The van der Waals surface area contributed by atoms with Gasteiger partial charge in [0, 0.05) is 6.54 Å². The standard InChI is InChI=1S/C9H14FN/c1-3-5-6-8(4-2)9(10)7-11/h3-6,9H,1,7,11H2,2H3/b6-5-,8-4+. The molecule has 62 valence electrons. The lowest BCUT2D eigenvalue weighted by Gasteiger charge is -2.04. The first kappa shape index (κ1) is 10.1. The van der Waals surface area contributed by atoms with Crippen LogP contribution in [-0.2, 0) is 0 Å². The fraction of sp³-hybridized carbons (Fsp3) is 0.333. The van der Waals surface area contributed by atoms with Crippen LogP contribution < -0.4 is 5.73 Å². The summed E-state index contributed by atoms with van der Waals surface area (Å²) in [5.41, 5.74) is 5.75. The lowest BCUT2D eigenvalue weighted by molar-refractivity contribution is 0.395. The molecular formula is C9H14FN. The Morgan fingerprint density at radius 3 is 2.73 bits per heavy atom. The summed E-state index contributed by atoms with van der Waals surface area (Å²) in [5, 5.41) is 0. The number of alkyl halides is 1. The van der Waals surface area contributed by atoms with Crippen molar-refractivity contribution in [2.75, 3.05) is 6.54 Å². The van der Waals surface area contributed by atoms with E-state index in [4.69, 9.17) is 5.73 Å². The van der Waals surface area contributed by atoms with Crippen LogP contribution in [0.25, 0.3) is 0 Å². The second kappa shape index (κ2) is 5.86. The summed E-state index contributed by atoms with van der Waals surface area (Å²) >= 11 is 0. The van der Waals surface area contributed by atoms with Crippen LogP contribution in [-0.4, -0.2) is 12.7 Å². The summed E-state index contributed by atoms with van der Waals surface area (Å²) in [7, 11) is 0. The summed E-state index contributed by atoms with van der Waals surface area (Å²) in [5.74, 6) is 0. The van der Waals surface area contributed by atoms with Crippen LogP contribution in [0.1, 0.15) is 6.92 Å². The quantitative estimate of drug-likeness (QED) is 0.617. The molecule has 2 N–H and O–H groups in total. The Hall–Kier alpha value is -0.890.